The van der Waals surface area contributed by atoms with Gasteiger partial charge in [0.2, 0.25) is 0 Å². The van der Waals surface area contributed by atoms with Gasteiger partial charge in [-0.05, 0) is 24.3 Å². The highest BCUT2D eigenvalue weighted by molar-refractivity contribution is 5.13. The van der Waals surface area contributed by atoms with Gasteiger partial charge in [-0.25, -0.2) is 4.39 Å². The molecule has 0 aromatic heterocycles. The maximum absolute atomic E-state index is 11.9. The van der Waals surface area contributed by atoms with Crippen LogP contribution in [-0.4, -0.2) is 6.04 Å². The van der Waals surface area contributed by atoms with E-state index in [1.807, 2.05) is 0 Å². The molecular weight excluding hydrogens is 117 g/mol. The molecule has 1 rings (SSSR count). The van der Waals surface area contributed by atoms with E-state index in [0.717, 1.165) is 18.4 Å². The molecule has 1 saturated carbocycles. The van der Waals surface area contributed by atoms with E-state index in [2.05, 4.69) is 6.92 Å². The first-order valence-electron chi connectivity index (χ1n) is 3.28. The van der Waals surface area contributed by atoms with Gasteiger partial charge >= 0.3 is 0 Å². The summed E-state index contributed by atoms with van der Waals surface area (Å²) in [4.78, 5) is 0. The molecule has 9 heavy (non-hydrogen) atoms. The van der Waals surface area contributed by atoms with E-state index in [-0.39, 0.29) is 6.04 Å². The molecule has 0 radical (unpaired) electrons. The lowest BCUT2D eigenvalue weighted by atomic mass is 10.1. The van der Waals surface area contributed by atoms with E-state index in [9.17, 15) is 4.39 Å². The third kappa shape index (κ3) is 1.30. The van der Waals surface area contributed by atoms with Gasteiger partial charge in [0.05, 0.1) is 6.33 Å². The molecule has 0 aliphatic heterocycles. The molecule has 0 bridgehead atoms. The molecular formula is C7H12FN. The van der Waals surface area contributed by atoms with Gasteiger partial charge in [0.25, 0.3) is 0 Å². The number of halogens is 1. The van der Waals surface area contributed by atoms with E-state index >= 15 is 0 Å². The largest absolute Gasteiger partial charge is 0.324 e. The zero-order valence-electron chi connectivity index (χ0n) is 5.60. The molecule has 0 amide bonds. The zero-order chi connectivity index (χ0) is 6.85. The minimum absolute atomic E-state index is 0.00926. The average Bonchev–Trinajstić information content (AvgIpc) is 2.10. The second-order valence-electron chi connectivity index (χ2n) is 2.84. The highest BCUT2D eigenvalue weighted by Gasteiger charge is 2.22. The summed E-state index contributed by atoms with van der Waals surface area (Å²) in [6, 6.07) is -0.00926. The Kier molecular flexibility index (Phi) is 1.86. The standard InChI is InChI=1S/C7H12FN/c1-5-2-6(4-8)7(9)3-5/h4-5,7H,2-3,9H2,1H3/b6-4+/t5-,7-/m0/s1. The summed E-state index contributed by atoms with van der Waals surface area (Å²) in [6.45, 7) is 2.09. The fourth-order valence-electron chi connectivity index (χ4n) is 1.35. The summed E-state index contributed by atoms with van der Waals surface area (Å²) in [6.07, 6.45) is 2.45. The van der Waals surface area contributed by atoms with E-state index < -0.39 is 0 Å². The zero-order valence-corrected chi connectivity index (χ0v) is 5.60. The molecule has 2 N–H and O–H groups in total. The van der Waals surface area contributed by atoms with Crippen molar-refractivity contribution in [3.63, 3.8) is 0 Å². The van der Waals surface area contributed by atoms with Crippen LogP contribution in [0.15, 0.2) is 11.9 Å². The van der Waals surface area contributed by atoms with Crippen LogP contribution >= 0.6 is 0 Å². The molecule has 1 fully saturated rings. The molecule has 52 valence electrons. The van der Waals surface area contributed by atoms with E-state index in [1.54, 1.807) is 0 Å². The van der Waals surface area contributed by atoms with Gasteiger partial charge in [-0.15, -0.1) is 0 Å². The maximum Gasteiger partial charge on any atom is 0.0874 e. The second-order valence-corrected chi connectivity index (χ2v) is 2.84. The van der Waals surface area contributed by atoms with Crippen LogP contribution in [0, 0.1) is 5.92 Å². The Labute approximate surface area is 54.7 Å². The minimum Gasteiger partial charge on any atom is -0.324 e. The fraction of sp³-hybridized carbons (Fsp3) is 0.714. The van der Waals surface area contributed by atoms with Gasteiger partial charge in [-0.3, -0.25) is 0 Å². The Morgan fingerprint density at radius 2 is 2.44 bits per heavy atom. The van der Waals surface area contributed by atoms with E-state index in [4.69, 9.17) is 5.73 Å². The van der Waals surface area contributed by atoms with Crippen LogP contribution in [0.2, 0.25) is 0 Å². The predicted molar refractivity (Wildman–Crippen MR) is 35.6 cm³/mol. The molecule has 0 aromatic carbocycles. The third-order valence-corrected chi connectivity index (χ3v) is 1.86. The van der Waals surface area contributed by atoms with Crippen LogP contribution in [0.25, 0.3) is 0 Å². The highest BCUT2D eigenvalue weighted by Crippen LogP contribution is 2.28. The molecule has 1 nitrogen and oxygen atoms in total. The Bertz CT molecular complexity index is 131. The van der Waals surface area contributed by atoms with Gasteiger partial charge in [-0.1, -0.05) is 6.92 Å². The van der Waals surface area contributed by atoms with Crippen molar-refractivity contribution in [2.75, 3.05) is 0 Å². The first kappa shape index (κ1) is 6.75. The van der Waals surface area contributed by atoms with Crippen molar-refractivity contribution >= 4 is 0 Å². The number of hydrogen-bond donors (Lipinski definition) is 1. The Balaban J connectivity index is 2.58. The lowest BCUT2D eigenvalue weighted by molar-refractivity contribution is 0.594. The Morgan fingerprint density at radius 1 is 1.78 bits per heavy atom. The van der Waals surface area contributed by atoms with Gasteiger partial charge in [0.1, 0.15) is 0 Å². The van der Waals surface area contributed by atoms with E-state index in [0.29, 0.717) is 12.2 Å². The van der Waals surface area contributed by atoms with Crippen LogP contribution in [-0.2, 0) is 0 Å². The second kappa shape index (κ2) is 2.48. The van der Waals surface area contributed by atoms with Crippen molar-refractivity contribution in [2.24, 2.45) is 11.7 Å². The van der Waals surface area contributed by atoms with Crippen molar-refractivity contribution in [1.82, 2.24) is 0 Å². The first-order chi connectivity index (χ1) is 4.24. The molecule has 0 spiro atoms. The van der Waals surface area contributed by atoms with Gasteiger partial charge in [0.15, 0.2) is 0 Å². The lowest BCUT2D eigenvalue weighted by Gasteiger charge is -1.99. The predicted octanol–water partition coefficient (Wildman–Crippen LogP) is 1.60. The summed E-state index contributed by atoms with van der Waals surface area (Å²) in [5.74, 6) is 0.571. The molecule has 0 unspecified atom stereocenters. The number of rotatable bonds is 0. The fourth-order valence-corrected chi connectivity index (χ4v) is 1.35. The number of nitrogens with two attached hydrogens (primary N) is 1. The van der Waals surface area contributed by atoms with Crippen molar-refractivity contribution < 1.29 is 4.39 Å². The van der Waals surface area contributed by atoms with Crippen molar-refractivity contribution in [3.05, 3.63) is 11.9 Å². The molecule has 1 aliphatic rings. The van der Waals surface area contributed by atoms with E-state index in [1.165, 1.54) is 0 Å². The van der Waals surface area contributed by atoms with Crippen LogP contribution in [0.3, 0.4) is 0 Å². The minimum atomic E-state index is -0.00926. The summed E-state index contributed by atoms with van der Waals surface area (Å²) in [5.41, 5.74) is 6.35. The third-order valence-electron chi connectivity index (χ3n) is 1.86. The van der Waals surface area contributed by atoms with Gasteiger partial charge in [0, 0.05) is 6.04 Å². The summed E-state index contributed by atoms with van der Waals surface area (Å²) < 4.78 is 11.9. The summed E-state index contributed by atoms with van der Waals surface area (Å²) in [7, 11) is 0. The molecule has 2 atom stereocenters. The quantitative estimate of drug-likeness (QED) is 0.528. The first-order valence-corrected chi connectivity index (χ1v) is 3.28. The molecule has 2 heteroatoms. The average molecular weight is 129 g/mol. The van der Waals surface area contributed by atoms with Gasteiger partial charge in [-0.2, -0.15) is 0 Å². The van der Waals surface area contributed by atoms with Crippen molar-refractivity contribution in [3.8, 4) is 0 Å². The summed E-state index contributed by atoms with van der Waals surface area (Å²) in [5, 5.41) is 0. The molecule has 1 aliphatic carbocycles. The van der Waals surface area contributed by atoms with Crippen LogP contribution in [0.5, 0.6) is 0 Å². The van der Waals surface area contributed by atoms with Crippen LogP contribution < -0.4 is 5.73 Å². The summed E-state index contributed by atoms with van der Waals surface area (Å²) >= 11 is 0. The normalized spacial score (nSPS) is 40.1. The van der Waals surface area contributed by atoms with Gasteiger partial charge < -0.3 is 5.73 Å². The van der Waals surface area contributed by atoms with Crippen LogP contribution in [0.1, 0.15) is 19.8 Å². The van der Waals surface area contributed by atoms with Crippen LogP contribution in [0.4, 0.5) is 4.39 Å². The SMILES string of the molecule is C[C@H]1C/C(=C\F)[C@@H](N)C1. The topological polar surface area (TPSA) is 26.0 Å². The molecule has 0 heterocycles. The monoisotopic (exact) mass is 129 g/mol. The lowest BCUT2D eigenvalue weighted by Crippen LogP contribution is -2.16. The van der Waals surface area contributed by atoms with Crippen molar-refractivity contribution in [1.29, 1.82) is 0 Å². The smallest absolute Gasteiger partial charge is 0.0874 e. The van der Waals surface area contributed by atoms with Crippen molar-refractivity contribution in [2.45, 2.75) is 25.8 Å². The highest BCUT2D eigenvalue weighted by atomic mass is 19.1. The molecule has 0 aromatic rings. The Morgan fingerprint density at radius 3 is 2.67 bits per heavy atom. The molecule has 0 saturated heterocycles. The maximum atomic E-state index is 11.9. The number of hydrogen-bond acceptors (Lipinski definition) is 1. The Hall–Kier alpha value is -0.370.